The van der Waals surface area contributed by atoms with Gasteiger partial charge < -0.3 is 20.9 Å². The number of aromatic nitrogens is 4. The Labute approximate surface area is 209 Å². The van der Waals surface area contributed by atoms with Gasteiger partial charge in [-0.2, -0.15) is 13.2 Å². The number of halogens is 4. The highest BCUT2D eigenvalue weighted by molar-refractivity contribution is 6.28. The minimum atomic E-state index is -4.52. The summed E-state index contributed by atoms with van der Waals surface area (Å²) in [4.78, 5) is 33.5. The van der Waals surface area contributed by atoms with Crippen molar-refractivity contribution in [3.63, 3.8) is 0 Å². The summed E-state index contributed by atoms with van der Waals surface area (Å²) in [5, 5.41) is 3.11. The Morgan fingerprint density at radius 1 is 1.14 bits per heavy atom. The van der Waals surface area contributed by atoms with E-state index in [9.17, 15) is 18.0 Å². The molecular formula is C23H22ClF3N8O. The minimum Gasteiger partial charge on any atom is -0.399 e. The highest BCUT2D eigenvalue weighted by atomic mass is 35.5. The first-order valence-electron chi connectivity index (χ1n) is 11.2. The van der Waals surface area contributed by atoms with Crippen LogP contribution in [0.2, 0.25) is 5.28 Å². The average molecular weight is 519 g/mol. The predicted molar refractivity (Wildman–Crippen MR) is 126 cm³/mol. The Morgan fingerprint density at radius 3 is 2.72 bits per heavy atom. The number of nitrogen functional groups attached to an aromatic ring is 1. The fourth-order valence-corrected chi connectivity index (χ4v) is 4.67. The first-order valence-corrected chi connectivity index (χ1v) is 11.6. The number of rotatable bonds is 3. The number of urea groups is 1. The highest BCUT2D eigenvalue weighted by Crippen LogP contribution is 2.35. The molecule has 0 saturated heterocycles. The van der Waals surface area contributed by atoms with Crippen LogP contribution in [0.15, 0.2) is 30.7 Å². The Bertz CT molecular complexity index is 1340. The zero-order valence-corrected chi connectivity index (χ0v) is 19.9. The maximum atomic E-state index is 13.3. The van der Waals surface area contributed by atoms with Crippen molar-refractivity contribution in [2.75, 3.05) is 17.6 Å². The summed E-state index contributed by atoms with van der Waals surface area (Å²) < 4.78 is 39.8. The van der Waals surface area contributed by atoms with Crippen molar-refractivity contribution in [1.29, 1.82) is 0 Å². The van der Waals surface area contributed by atoms with Gasteiger partial charge in [0.15, 0.2) is 0 Å². The van der Waals surface area contributed by atoms with Gasteiger partial charge in [-0.3, -0.25) is 0 Å². The molecule has 188 valence electrons. The van der Waals surface area contributed by atoms with Crippen LogP contribution in [0.3, 0.4) is 0 Å². The second-order valence-electron chi connectivity index (χ2n) is 8.82. The molecule has 0 fully saturated rings. The maximum absolute atomic E-state index is 13.3. The zero-order chi connectivity index (χ0) is 25.6. The van der Waals surface area contributed by atoms with E-state index in [4.69, 9.17) is 17.3 Å². The number of nitrogens with zero attached hydrogens (tertiary/aromatic N) is 6. The molecule has 0 spiro atoms. The van der Waals surface area contributed by atoms with Crippen molar-refractivity contribution >= 4 is 29.1 Å². The number of amides is 2. The molecule has 9 nitrogen and oxygen atoms in total. The van der Waals surface area contributed by atoms with Gasteiger partial charge in [0.1, 0.15) is 12.1 Å². The Morgan fingerprint density at radius 2 is 1.94 bits per heavy atom. The molecule has 1 aromatic carbocycles. The largest absolute Gasteiger partial charge is 0.416 e. The molecule has 2 aliphatic heterocycles. The van der Waals surface area contributed by atoms with Crippen molar-refractivity contribution in [1.82, 2.24) is 29.7 Å². The van der Waals surface area contributed by atoms with Gasteiger partial charge in [0.05, 0.1) is 42.6 Å². The number of anilines is 2. The molecule has 0 saturated carbocycles. The minimum absolute atomic E-state index is 0.00435. The molecule has 0 aliphatic carbocycles. The van der Waals surface area contributed by atoms with Crippen molar-refractivity contribution < 1.29 is 18.0 Å². The molecule has 1 atom stereocenters. The van der Waals surface area contributed by atoms with Gasteiger partial charge in [-0.1, -0.05) is 0 Å². The smallest absolute Gasteiger partial charge is 0.399 e. The number of fused-ring (bicyclic) bond motifs is 2. The van der Waals surface area contributed by atoms with E-state index in [0.29, 0.717) is 42.1 Å². The maximum Gasteiger partial charge on any atom is 0.416 e. The van der Waals surface area contributed by atoms with E-state index >= 15 is 0 Å². The van der Waals surface area contributed by atoms with Crippen molar-refractivity contribution in [3.05, 3.63) is 69.6 Å². The summed E-state index contributed by atoms with van der Waals surface area (Å²) in [6.45, 7) is 3.11. The summed E-state index contributed by atoms with van der Waals surface area (Å²) in [5.74, 6) is 0.362. The van der Waals surface area contributed by atoms with Gasteiger partial charge in [-0.25, -0.2) is 24.7 Å². The van der Waals surface area contributed by atoms with Crippen LogP contribution in [-0.4, -0.2) is 42.3 Å². The number of hydrogen-bond acceptors (Lipinski definition) is 7. The molecule has 0 unspecified atom stereocenters. The van der Waals surface area contributed by atoms with Crippen LogP contribution in [0.1, 0.15) is 46.6 Å². The molecule has 4 heterocycles. The van der Waals surface area contributed by atoms with Crippen LogP contribution in [0.4, 0.5) is 29.5 Å². The van der Waals surface area contributed by atoms with E-state index in [1.165, 1.54) is 12.4 Å². The second kappa shape index (κ2) is 9.08. The molecule has 5 rings (SSSR count). The topological polar surface area (TPSA) is 113 Å². The first-order chi connectivity index (χ1) is 17.1. The quantitative estimate of drug-likeness (QED) is 0.395. The highest BCUT2D eigenvalue weighted by Gasteiger charge is 2.34. The van der Waals surface area contributed by atoms with Gasteiger partial charge in [0, 0.05) is 36.0 Å². The van der Waals surface area contributed by atoms with E-state index in [1.54, 1.807) is 22.9 Å². The number of carbonyl (C=O) groups excluding carboxylic acids is 1. The molecule has 3 aromatic rings. The summed E-state index contributed by atoms with van der Waals surface area (Å²) >= 11 is 6.14. The van der Waals surface area contributed by atoms with Crippen molar-refractivity contribution in [3.8, 4) is 0 Å². The Balaban J connectivity index is 1.35. The van der Waals surface area contributed by atoms with Crippen molar-refractivity contribution in [2.45, 2.75) is 45.2 Å². The summed E-state index contributed by atoms with van der Waals surface area (Å²) in [5.41, 5.74) is 8.33. The van der Waals surface area contributed by atoms with E-state index < -0.39 is 17.8 Å². The van der Waals surface area contributed by atoms with Crippen LogP contribution in [0.25, 0.3) is 0 Å². The van der Waals surface area contributed by atoms with Gasteiger partial charge >= 0.3 is 12.2 Å². The fraction of sp³-hybridized carbons (Fsp3) is 0.348. The van der Waals surface area contributed by atoms with E-state index in [-0.39, 0.29) is 30.1 Å². The lowest BCUT2D eigenvalue weighted by atomic mass is 10.0. The molecule has 2 aliphatic rings. The predicted octanol–water partition coefficient (Wildman–Crippen LogP) is 4.19. The van der Waals surface area contributed by atoms with Crippen LogP contribution in [-0.2, 0) is 32.2 Å². The number of benzene rings is 1. The number of carbonyl (C=O) groups is 1. The number of hydrogen-bond donors (Lipinski definition) is 2. The standard InChI is InChI=1S/C23H22ClF3N8O/c1-12(13-4-15(23(25,26)27)6-16(28)5-13)31-20-17-9-35(10-19(17)32-21(24)33-20)22(36)34-3-2-18-14(8-34)7-29-11-30-18/h4-7,11-12H,2-3,8-10,28H2,1H3,(H,31,32,33)/t12-/m1/s1. The Hall–Kier alpha value is -3.67. The third kappa shape index (κ3) is 4.72. The molecule has 36 heavy (non-hydrogen) atoms. The van der Waals surface area contributed by atoms with Gasteiger partial charge in [-0.05, 0) is 42.3 Å². The molecule has 13 heteroatoms. The fourth-order valence-electron chi connectivity index (χ4n) is 4.49. The number of nitrogens with one attached hydrogen (secondary N) is 1. The number of nitrogens with two attached hydrogens (primary N) is 1. The molecule has 2 aromatic heterocycles. The molecule has 3 N–H and O–H groups in total. The summed E-state index contributed by atoms with van der Waals surface area (Å²) in [6, 6.07) is 2.68. The van der Waals surface area contributed by atoms with Gasteiger partial charge in [-0.15, -0.1) is 0 Å². The zero-order valence-electron chi connectivity index (χ0n) is 19.2. The monoisotopic (exact) mass is 518 g/mol. The second-order valence-corrected chi connectivity index (χ2v) is 9.16. The van der Waals surface area contributed by atoms with Crippen LogP contribution in [0, 0.1) is 0 Å². The van der Waals surface area contributed by atoms with Crippen LogP contribution >= 0.6 is 11.6 Å². The van der Waals surface area contributed by atoms with Crippen molar-refractivity contribution in [2.24, 2.45) is 0 Å². The van der Waals surface area contributed by atoms with Gasteiger partial charge in [0.25, 0.3) is 0 Å². The molecule has 2 amide bonds. The molecular weight excluding hydrogens is 497 g/mol. The molecule has 0 bridgehead atoms. The average Bonchev–Trinajstić information content (AvgIpc) is 3.26. The third-order valence-electron chi connectivity index (χ3n) is 6.32. The summed E-state index contributed by atoms with van der Waals surface area (Å²) in [6.07, 6.45) is -0.666. The summed E-state index contributed by atoms with van der Waals surface area (Å²) in [7, 11) is 0. The molecule has 0 radical (unpaired) electrons. The van der Waals surface area contributed by atoms with Gasteiger partial charge in [0.2, 0.25) is 5.28 Å². The van der Waals surface area contributed by atoms with E-state index in [2.05, 4.69) is 25.3 Å². The lowest BCUT2D eigenvalue weighted by Gasteiger charge is -2.31. The lowest BCUT2D eigenvalue weighted by molar-refractivity contribution is -0.137. The number of alkyl halides is 3. The Kier molecular flexibility index (Phi) is 6.07. The lowest BCUT2D eigenvalue weighted by Crippen LogP contribution is -2.43. The normalized spacial score (nSPS) is 15.9. The first kappa shape index (κ1) is 24.0. The van der Waals surface area contributed by atoms with Crippen LogP contribution < -0.4 is 11.1 Å². The third-order valence-corrected chi connectivity index (χ3v) is 6.48. The van der Waals surface area contributed by atoms with E-state index in [1.807, 2.05) is 0 Å². The van der Waals surface area contributed by atoms with E-state index in [0.717, 1.165) is 23.4 Å². The SMILES string of the molecule is C[C@@H](Nc1nc(Cl)nc2c1CN(C(=O)N1CCc3ncncc3C1)C2)c1cc(N)cc(C(F)(F)F)c1. The van der Waals surface area contributed by atoms with Crippen LogP contribution in [0.5, 0.6) is 0 Å².